The molecule has 1 aliphatic rings. The van der Waals surface area contributed by atoms with Crippen LogP contribution in [0.25, 0.3) is 0 Å². The molecule has 2 atom stereocenters. The van der Waals surface area contributed by atoms with Crippen molar-refractivity contribution in [2.75, 3.05) is 13.7 Å². The normalized spacial score (nSPS) is 17.2. The Morgan fingerprint density at radius 3 is 2.33 bits per heavy atom. The number of hydroxylamine groups is 1. The van der Waals surface area contributed by atoms with E-state index in [4.69, 9.17) is 15.3 Å². The van der Waals surface area contributed by atoms with Gasteiger partial charge in [-0.25, -0.2) is 8.42 Å². The number of nitrogens with two attached hydrogens (primary N) is 1. The highest BCUT2D eigenvalue weighted by molar-refractivity contribution is 7.89. The molecule has 7 nitrogen and oxygen atoms in total. The first-order chi connectivity index (χ1) is 14.4. The highest BCUT2D eigenvalue weighted by Gasteiger charge is 2.33. The van der Waals surface area contributed by atoms with Crippen molar-refractivity contribution in [1.82, 2.24) is 4.47 Å². The molecule has 0 aliphatic heterocycles. The fraction of sp³-hybridized carbons (Fsp3) is 0.455. The molecule has 30 heavy (non-hydrogen) atoms. The summed E-state index contributed by atoms with van der Waals surface area (Å²) in [5, 5.41) is 10.7. The number of aliphatic hydroxyl groups excluding tert-OH is 1. The lowest BCUT2D eigenvalue weighted by Crippen LogP contribution is -2.47. The third kappa shape index (κ3) is 5.80. The van der Waals surface area contributed by atoms with E-state index in [2.05, 4.69) is 0 Å². The average Bonchev–Trinajstić information content (AvgIpc) is 3.27. The molecule has 2 aromatic rings. The lowest BCUT2D eigenvalue weighted by atomic mass is 10.0. The summed E-state index contributed by atoms with van der Waals surface area (Å²) in [6, 6.07) is 15.0. The second-order valence-corrected chi connectivity index (χ2v) is 9.43. The van der Waals surface area contributed by atoms with E-state index in [-0.39, 0.29) is 17.5 Å². The van der Waals surface area contributed by atoms with Crippen molar-refractivity contribution in [2.24, 2.45) is 5.73 Å². The van der Waals surface area contributed by atoms with Crippen LogP contribution in [0.2, 0.25) is 0 Å². The van der Waals surface area contributed by atoms with Gasteiger partial charge in [-0.15, -0.1) is 0 Å². The minimum Gasteiger partial charge on any atom is -0.497 e. The molecular weight excluding hydrogens is 404 g/mol. The fourth-order valence-electron chi connectivity index (χ4n) is 3.53. The molecule has 8 heteroatoms. The van der Waals surface area contributed by atoms with Gasteiger partial charge in [0, 0.05) is 6.04 Å². The number of ether oxygens (including phenoxy) is 1. The summed E-state index contributed by atoms with van der Waals surface area (Å²) in [6.07, 6.45) is 2.74. The van der Waals surface area contributed by atoms with E-state index >= 15 is 0 Å². The van der Waals surface area contributed by atoms with Gasteiger partial charge in [-0.1, -0.05) is 47.6 Å². The number of aliphatic hydroxyl groups is 1. The van der Waals surface area contributed by atoms with Gasteiger partial charge < -0.3 is 15.6 Å². The Morgan fingerprint density at radius 1 is 1.10 bits per heavy atom. The molecule has 0 heterocycles. The summed E-state index contributed by atoms with van der Waals surface area (Å²) in [7, 11) is -2.46. The molecule has 2 unspecified atom stereocenters. The highest BCUT2D eigenvalue weighted by Crippen LogP contribution is 2.26. The first-order valence-electron chi connectivity index (χ1n) is 10.2. The minimum atomic E-state index is -3.97. The SMILES string of the molecule is COc1ccc(S(=O)(=O)N(CC(O)C(N)Cc2ccccc2)OC2CCCC2)cc1. The Balaban J connectivity index is 1.76. The van der Waals surface area contributed by atoms with Gasteiger partial charge in [-0.2, -0.15) is 0 Å². The van der Waals surface area contributed by atoms with Gasteiger partial charge in [0.05, 0.1) is 30.8 Å². The van der Waals surface area contributed by atoms with Crippen LogP contribution in [0.5, 0.6) is 5.75 Å². The van der Waals surface area contributed by atoms with Crippen molar-refractivity contribution >= 4 is 10.0 Å². The summed E-state index contributed by atoms with van der Waals surface area (Å²) in [5.74, 6) is 0.558. The van der Waals surface area contributed by atoms with Crippen LogP contribution in [-0.4, -0.2) is 49.9 Å². The Bertz CT molecular complexity index is 884. The third-order valence-electron chi connectivity index (χ3n) is 5.34. The number of sulfonamides is 1. The molecule has 3 rings (SSSR count). The summed E-state index contributed by atoms with van der Waals surface area (Å²) in [4.78, 5) is 5.93. The van der Waals surface area contributed by atoms with Crippen molar-refractivity contribution < 1.29 is 23.1 Å². The van der Waals surface area contributed by atoms with Crippen LogP contribution in [0.4, 0.5) is 0 Å². The Kier molecular flexibility index (Phi) is 7.85. The minimum absolute atomic E-state index is 0.0742. The molecule has 0 radical (unpaired) electrons. The van der Waals surface area contributed by atoms with E-state index in [0.717, 1.165) is 35.7 Å². The topological polar surface area (TPSA) is 102 Å². The maximum absolute atomic E-state index is 13.2. The monoisotopic (exact) mass is 434 g/mol. The predicted octanol–water partition coefficient (Wildman–Crippen LogP) is 2.49. The molecular formula is C22H30N2O5S. The second kappa shape index (κ2) is 10.4. The van der Waals surface area contributed by atoms with E-state index in [1.807, 2.05) is 30.3 Å². The molecule has 0 aromatic heterocycles. The van der Waals surface area contributed by atoms with E-state index in [1.54, 1.807) is 12.1 Å². The molecule has 0 spiro atoms. The van der Waals surface area contributed by atoms with Crippen LogP contribution in [-0.2, 0) is 21.3 Å². The van der Waals surface area contributed by atoms with Crippen LogP contribution in [0.3, 0.4) is 0 Å². The standard InChI is InChI=1S/C22H30N2O5S/c1-28-18-11-13-20(14-12-18)30(26,27)24(29-19-9-5-6-10-19)16-22(25)21(23)15-17-7-3-2-4-8-17/h2-4,7-8,11-14,19,21-22,25H,5-6,9-10,15-16,23H2,1H3. The largest absolute Gasteiger partial charge is 0.497 e. The molecule has 1 fully saturated rings. The number of hydrogen-bond acceptors (Lipinski definition) is 6. The molecule has 0 amide bonds. The van der Waals surface area contributed by atoms with Crippen LogP contribution in [0, 0.1) is 0 Å². The molecule has 0 bridgehead atoms. The van der Waals surface area contributed by atoms with E-state index in [9.17, 15) is 13.5 Å². The van der Waals surface area contributed by atoms with Crippen LogP contribution in [0.15, 0.2) is 59.5 Å². The van der Waals surface area contributed by atoms with Crippen molar-refractivity contribution in [3.63, 3.8) is 0 Å². The molecule has 1 saturated carbocycles. The molecule has 164 valence electrons. The van der Waals surface area contributed by atoms with Gasteiger partial charge in [0.2, 0.25) is 0 Å². The molecule has 3 N–H and O–H groups in total. The summed E-state index contributed by atoms with van der Waals surface area (Å²) in [6.45, 7) is -0.237. The highest BCUT2D eigenvalue weighted by atomic mass is 32.2. The number of hydrogen-bond donors (Lipinski definition) is 2. The summed E-state index contributed by atoms with van der Waals surface area (Å²) < 4.78 is 32.5. The van der Waals surface area contributed by atoms with Gasteiger partial charge in [0.1, 0.15) is 5.75 Å². The van der Waals surface area contributed by atoms with E-state index in [0.29, 0.717) is 12.2 Å². The smallest absolute Gasteiger partial charge is 0.265 e. The lowest BCUT2D eigenvalue weighted by Gasteiger charge is -2.29. The van der Waals surface area contributed by atoms with Crippen molar-refractivity contribution in [1.29, 1.82) is 0 Å². The maximum atomic E-state index is 13.2. The van der Waals surface area contributed by atoms with Gasteiger partial charge in [0.15, 0.2) is 0 Å². The Labute approximate surface area is 178 Å². The Hall–Kier alpha value is -1.97. The van der Waals surface area contributed by atoms with Gasteiger partial charge in [0.25, 0.3) is 10.0 Å². The zero-order valence-electron chi connectivity index (χ0n) is 17.2. The third-order valence-corrected chi connectivity index (χ3v) is 6.98. The van der Waals surface area contributed by atoms with Crippen LogP contribution < -0.4 is 10.5 Å². The van der Waals surface area contributed by atoms with Crippen LogP contribution >= 0.6 is 0 Å². The van der Waals surface area contributed by atoms with Crippen LogP contribution in [0.1, 0.15) is 31.2 Å². The van der Waals surface area contributed by atoms with Gasteiger partial charge in [-0.3, -0.25) is 4.84 Å². The van der Waals surface area contributed by atoms with E-state index < -0.39 is 22.2 Å². The molecule has 2 aromatic carbocycles. The number of benzene rings is 2. The van der Waals surface area contributed by atoms with Crippen molar-refractivity contribution in [3.05, 3.63) is 60.2 Å². The van der Waals surface area contributed by atoms with Gasteiger partial charge >= 0.3 is 0 Å². The number of methoxy groups -OCH3 is 1. The first-order valence-corrected chi connectivity index (χ1v) is 11.7. The molecule has 0 saturated heterocycles. The summed E-state index contributed by atoms with van der Waals surface area (Å²) >= 11 is 0. The fourth-order valence-corrected chi connectivity index (χ4v) is 4.83. The zero-order chi connectivity index (χ0) is 21.6. The zero-order valence-corrected chi connectivity index (χ0v) is 18.0. The van der Waals surface area contributed by atoms with E-state index in [1.165, 1.54) is 19.2 Å². The summed E-state index contributed by atoms with van der Waals surface area (Å²) in [5.41, 5.74) is 7.16. The average molecular weight is 435 g/mol. The first kappa shape index (κ1) is 22.7. The Morgan fingerprint density at radius 2 is 1.73 bits per heavy atom. The number of nitrogens with zero attached hydrogens (tertiary/aromatic N) is 1. The van der Waals surface area contributed by atoms with Crippen molar-refractivity contribution in [3.8, 4) is 5.75 Å². The second-order valence-electron chi connectivity index (χ2n) is 7.60. The quantitative estimate of drug-likeness (QED) is 0.557. The van der Waals surface area contributed by atoms with Crippen molar-refractivity contribution in [2.45, 2.75) is 55.2 Å². The predicted molar refractivity (Wildman–Crippen MR) is 114 cm³/mol. The molecule has 1 aliphatic carbocycles. The van der Waals surface area contributed by atoms with Gasteiger partial charge in [-0.05, 0) is 49.1 Å². The number of rotatable bonds is 10. The maximum Gasteiger partial charge on any atom is 0.265 e. The lowest BCUT2D eigenvalue weighted by molar-refractivity contribution is -0.144.